The van der Waals surface area contributed by atoms with E-state index in [1.54, 1.807) is 12.1 Å². The zero-order chi connectivity index (χ0) is 16.5. The van der Waals surface area contributed by atoms with Crippen molar-refractivity contribution in [2.24, 2.45) is 0 Å². The van der Waals surface area contributed by atoms with Gasteiger partial charge in [-0.2, -0.15) is 0 Å². The molecule has 0 fully saturated rings. The highest BCUT2D eigenvalue weighted by atomic mass is 32.2. The number of unbranched alkanes of at least 4 members (excludes halogenated alkanes) is 2. The predicted molar refractivity (Wildman–Crippen MR) is 95.0 cm³/mol. The third-order valence-electron chi connectivity index (χ3n) is 3.57. The lowest BCUT2D eigenvalue weighted by Crippen LogP contribution is -2.05. The van der Waals surface area contributed by atoms with Crippen LogP contribution >= 0.6 is 11.8 Å². The Morgan fingerprint density at radius 1 is 1.09 bits per heavy atom. The molecule has 0 radical (unpaired) electrons. The topological polar surface area (TPSA) is 50.2 Å². The van der Waals surface area contributed by atoms with Gasteiger partial charge in [-0.3, -0.25) is 9.78 Å². The van der Waals surface area contributed by atoms with Crippen molar-refractivity contribution in [1.82, 2.24) is 4.98 Å². The van der Waals surface area contributed by atoms with Crippen molar-refractivity contribution in [3.8, 4) is 5.75 Å². The fraction of sp³-hybridized carbons (Fsp3) is 0.368. The molecule has 2 aromatic rings. The van der Waals surface area contributed by atoms with E-state index in [4.69, 9.17) is 0 Å². The van der Waals surface area contributed by atoms with Crippen molar-refractivity contribution in [2.75, 3.05) is 5.75 Å². The van der Waals surface area contributed by atoms with Crippen LogP contribution < -0.4 is 0 Å². The minimum absolute atomic E-state index is 0.114. The van der Waals surface area contributed by atoms with Crippen molar-refractivity contribution < 1.29 is 9.90 Å². The number of benzene rings is 1. The molecule has 0 bridgehead atoms. The SMILES string of the molecule is Cc1ccc(O)c(CC(=O)CCCCCSc2ccccc2)n1. The lowest BCUT2D eigenvalue weighted by molar-refractivity contribution is -0.118. The molecule has 0 atom stereocenters. The number of rotatable bonds is 9. The van der Waals surface area contributed by atoms with E-state index in [9.17, 15) is 9.90 Å². The molecule has 2 rings (SSSR count). The van der Waals surface area contributed by atoms with E-state index in [2.05, 4.69) is 29.2 Å². The summed E-state index contributed by atoms with van der Waals surface area (Å²) in [5, 5.41) is 9.72. The van der Waals surface area contributed by atoms with Crippen LogP contribution in [0.3, 0.4) is 0 Å². The standard InChI is InChI=1S/C19H23NO2S/c1-15-11-12-19(22)18(20-15)14-16(21)8-4-3-7-13-23-17-9-5-2-6-10-17/h2,5-6,9-12,22H,3-4,7-8,13-14H2,1H3. The molecule has 23 heavy (non-hydrogen) atoms. The molecule has 0 aliphatic carbocycles. The summed E-state index contributed by atoms with van der Waals surface area (Å²) in [5.41, 5.74) is 1.32. The van der Waals surface area contributed by atoms with Crippen LogP contribution in [0.25, 0.3) is 0 Å². The molecule has 122 valence electrons. The average molecular weight is 329 g/mol. The van der Waals surface area contributed by atoms with Crippen molar-refractivity contribution in [3.63, 3.8) is 0 Å². The Labute approximate surface area is 142 Å². The van der Waals surface area contributed by atoms with Gasteiger partial charge in [0.15, 0.2) is 0 Å². The number of Topliss-reactive ketones (excluding diaryl/α,β-unsaturated/α-hetero) is 1. The van der Waals surface area contributed by atoms with E-state index >= 15 is 0 Å². The van der Waals surface area contributed by atoms with Gasteiger partial charge in [-0.25, -0.2) is 0 Å². The second-order valence-electron chi connectivity index (χ2n) is 5.61. The predicted octanol–water partition coefficient (Wildman–Crippen LogP) is 4.56. The first kappa shape index (κ1) is 17.5. The zero-order valence-corrected chi connectivity index (χ0v) is 14.3. The Kier molecular flexibility index (Phi) is 7.14. The number of hydrogen-bond acceptors (Lipinski definition) is 4. The maximum atomic E-state index is 12.0. The fourth-order valence-electron chi connectivity index (χ4n) is 2.32. The first-order valence-electron chi connectivity index (χ1n) is 8.00. The minimum atomic E-state index is 0.114. The van der Waals surface area contributed by atoms with Crippen molar-refractivity contribution in [1.29, 1.82) is 0 Å². The second kappa shape index (κ2) is 9.36. The summed E-state index contributed by atoms with van der Waals surface area (Å²) in [4.78, 5) is 17.5. The summed E-state index contributed by atoms with van der Waals surface area (Å²) in [6.45, 7) is 1.86. The lowest BCUT2D eigenvalue weighted by atomic mass is 10.1. The number of nitrogens with zero attached hydrogens (tertiary/aromatic N) is 1. The van der Waals surface area contributed by atoms with Crippen LogP contribution in [0.4, 0.5) is 0 Å². The lowest BCUT2D eigenvalue weighted by Gasteiger charge is -2.05. The van der Waals surface area contributed by atoms with Crippen LogP contribution in [-0.2, 0) is 11.2 Å². The van der Waals surface area contributed by atoms with Gasteiger partial charge in [0.2, 0.25) is 0 Å². The summed E-state index contributed by atoms with van der Waals surface area (Å²) in [5.74, 6) is 1.34. The van der Waals surface area contributed by atoms with Gasteiger partial charge in [0.1, 0.15) is 11.5 Å². The van der Waals surface area contributed by atoms with E-state index in [0.29, 0.717) is 12.1 Å². The number of ketones is 1. The van der Waals surface area contributed by atoms with Crippen molar-refractivity contribution in [2.45, 2.75) is 43.9 Å². The number of carbonyl (C=O) groups excluding carboxylic acids is 1. The van der Waals surface area contributed by atoms with Gasteiger partial charge in [0, 0.05) is 17.0 Å². The van der Waals surface area contributed by atoms with Crippen molar-refractivity contribution >= 4 is 17.5 Å². The average Bonchev–Trinajstić information content (AvgIpc) is 2.55. The normalized spacial score (nSPS) is 10.7. The Morgan fingerprint density at radius 3 is 2.65 bits per heavy atom. The number of carbonyl (C=O) groups is 1. The second-order valence-corrected chi connectivity index (χ2v) is 6.77. The highest BCUT2D eigenvalue weighted by Crippen LogP contribution is 2.20. The van der Waals surface area contributed by atoms with Gasteiger partial charge in [-0.1, -0.05) is 24.6 Å². The van der Waals surface area contributed by atoms with Crippen LogP contribution in [0.1, 0.15) is 37.1 Å². The van der Waals surface area contributed by atoms with E-state index in [1.165, 1.54) is 4.90 Å². The Morgan fingerprint density at radius 2 is 1.87 bits per heavy atom. The Balaban J connectivity index is 1.60. The zero-order valence-electron chi connectivity index (χ0n) is 13.5. The quantitative estimate of drug-likeness (QED) is 0.541. The number of pyridine rings is 1. The molecule has 1 aromatic carbocycles. The smallest absolute Gasteiger partial charge is 0.138 e. The van der Waals surface area contributed by atoms with Gasteiger partial charge >= 0.3 is 0 Å². The van der Waals surface area contributed by atoms with Crippen LogP contribution in [0.2, 0.25) is 0 Å². The van der Waals surface area contributed by atoms with Gasteiger partial charge in [-0.05, 0) is 49.8 Å². The van der Waals surface area contributed by atoms with Gasteiger partial charge in [-0.15, -0.1) is 11.8 Å². The van der Waals surface area contributed by atoms with Crippen LogP contribution in [0.5, 0.6) is 5.75 Å². The minimum Gasteiger partial charge on any atom is -0.506 e. The summed E-state index contributed by atoms with van der Waals surface area (Å²) in [7, 11) is 0. The molecule has 0 saturated heterocycles. The highest BCUT2D eigenvalue weighted by Gasteiger charge is 2.09. The molecule has 1 heterocycles. The molecule has 0 unspecified atom stereocenters. The van der Waals surface area contributed by atoms with Crippen LogP contribution in [0, 0.1) is 6.92 Å². The Bertz CT molecular complexity index is 629. The van der Waals surface area contributed by atoms with Gasteiger partial charge in [0.05, 0.1) is 12.1 Å². The summed E-state index contributed by atoms with van der Waals surface area (Å²) in [6, 6.07) is 13.7. The maximum absolute atomic E-state index is 12.0. The van der Waals surface area contributed by atoms with Crippen LogP contribution in [-0.4, -0.2) is 21.6 Å². The summed E-state index contributed by atoms with van der Waals surface area (Å²) < 4.78 is 0. The molecule has 0 amide bonds. The van der Waals surface area contributed by atoms with E-state index in [-0.39, 0.29) is 18.0 Å². The van der Waals surface area contributed by atoms with E-state index in [1.807, 2.05) is 24.8 Å². The molecular weight excluding hydrogens is 306 g/mol. The number of aromatic nitrogens is 1. The molecule has 1 N–H and O–H groups in total. The first-order valence-corrected chi connectivity index (χ1v) is 8.99. The molecule has 0 saturated carbocycles. The molecular formula is C19H23NO2S. The maximum Gasteiger partial charge on any atom is 0.138 e. The Hall–Kier alpha value is -1.81. The first-order chi connectivity index (χ1) is 11.1. The fourth-order valence-corrected chi connectivity index (χ4v) is 3.25. The van der Waals surface area contributed by atoms with Gasteiger partial charge < -0.3 is 5.11 Å². The van der Waals surface area contributed by atoms with Crippen molar-refractivity contribution in [3.05, 3.63) is 53.9 Å². The van der Waals surface area contributed by atoms with Gasteiger partial charge in [0.25, 0.3) is 0 Å². The number of hydrogen-bond donors (Lipinski definition) is 1. The molecule has 1 aromatic heterocycles. The number of aromatic hydroxyl groups is 1. The highest BCUT2D eigenvalue weighted by molar-refractivity contribution is 7.99. The third kappa shape index (κ3) is 6.45. The van der Waals surface area contributed by atoms with Crippen LogP contribution in [0.15, 0.2) is 47.4 Å². The summed E-state index contributed by atoms with van der Waals surface area (Å²) in [6.07, 6.45) is 3.86. The number of thioether (sulfide) groups is 1. The molecule has 3 nitrogen and oxygen atoms in total. The van der Waals surface area contributed by atoms with E-state index < -0.39 is 0 Å². The molecule has 0 aliphatic rings. The molecule has 4 heteroatoms. The number of aryl methyl sites for hydroxylation is 1. The third-order valence-corrected chi connectivity index (χ3v) is 4.66. The van der Waals surface area contributed by atoms with E-state index in [0.717, 1.165) is 30.7 Å². The monoisotopic (exact) mass is 329 g/mol. The summed E-state index contributed by atoms with van der Waals surface area (Å²) >= 11 is 1.86. The molecule has 0 spiro atoms. The largest absolute Gasteiger partial charge is 0.506 e. The molecule has 0 aliphatic heterocycles.